The number of likely N-dealkylation sites (N-methyl/N-ethyl adjacent to an activating group) is 1. The standard InChI is InChI=1S/C31H35N5O4S/c1-20-16-36(17-22-11-13-32-14-12-22)21(2)19-40-26-10-9-23(15-24(26)31(38)35(3)18-27(20)39-4)33-29(37)30-34-25-7-5-6-8-28(25)41-30/h5-15,20-21,27H,16-19H2,1-4H3,(H,33,37)/t20-,21+,27-/m0/s1. The molecule has 0 fully saturated rings. The first-order valence-electron chi connectivity index (χ1n) is 13.7. The summed E-state index contributed by atoms with van der Waals surface area (Å²) in [5.74, 6) is 0.0953. The van der Waals surface area contributed by atoms with Crippen LogP contribution >= 0.6 is 11.3 Å². The minimum Gasteiger partial charge on any atom is -0.491 e. The van der Waals surface area contributed by atoms with Crippen LogP contribution in [-0.4, -0.2) is 77.6 Å². The minimum atomic E-state index is -0.324. The summed E-state index contributed by atoms with van der Waals surface area (Å²) in [6, 6.07) is 16.9. The number of hydrogen-bond acceptors (Lipinski definition) is 8. The number of thiazole rings is 1. The van der Waals surface area contributed by atoms with E-state index in [1.54, 1.807) is 49.7 Å². The lowest BCUT2D eigenvalue weighted by atomic mass is 10.0. The molecule has 1 N–H and O–H groups in total. The van der Waals surface area contributed by atoms with Gasteiger partial charge in [-0.05, 0) is 60.9 Å². The highest BCUT2D eigenvalue weighted by Crippen LogP contribution is 2.28. The molecule has 2 aromatic carbocycles. The van der Waals surface area contributed by atoms with Gasteiger partial charge in [0, 0.05) is 57.9 Å². The Bertz CT molecular complexity index is 1480. The molecule has 0 bridgehead atoms. The number of benzene rings is 2. The Morgan fingerprint density at radius 2 is 1.90 bits per heavy atom. The van der Waals surface area contributed by atoms with Crippen molar-refractivity contribution in [2.24, 2.45) is 5.92 Å². The maximum absolute atomic E-state index is 13.7. The first-order chi connectivity index (χ1) is 19.8. The number of anilines is 1. The largest absolute Gasteiger partial charge is 0.491 e. The molecule has 10 heteroatoms. The minimum absolute atomic E-state index is 0.0571. The number of pyridine rings is 1. The second-order valence-corrected chi connectivity index (χ2v) is 11.6. The van der Waals surface area contributed by atoms with Crippen molar-refractivity contribution in [3.63, 3.8) is 0 Å². The smallest absolute Gasteiger partial charge is 0.284 e. The maximum Gasteiger partial charge on any atom is 0.284 e. The third-order valence-electron chi connectivity index (χ3n) is 7.45. The van der Waals surface area contributed by atoms with Crippen molar-refractivity contribution in [2.45, 2.75) is 32.5 Å². The Kier molecular flexibility index (Phi) is 8.92. The molecule has 0 saturated heterocycles. The molecule has 2 aromatic heterocycles. The van der Waals surface area contributed by atoms with Crippen LogP contribution in [-0.2, 0) is 11.3 Å². The third-order valence-corrected chi connectivity index (χ3v) is 8.49. The quantitative estimate of drug-likeness (QED) is 0.361. The third kappa shape index (κ3) is 6.73. The van der Waals surface area contributed by atoms with Crippen LogP contribution < -0.4 is 10.1 Å². The number of carbonyl (C=O) groups excluding carboxylic acids is 2. The van der Waals surface area contributed by atoms with Gasteiger partial charge in [-0.2, -0.15) is 0 Å². The van der Waals surface area contributed by atoms with E-state index in [-0.39, 0.29) is 29.9 Å². The Morgan fingerprint density at radius 1 is 1.12 bits per heavy atom. The van der Waals surface area contributed by atoms with Crippen molar-refractivity contribution in [1.29, 1.82) is 0 Å². The van der Waals surface area contributed by atoms with Gasteiger partial charge in [0.25, 0.3) is 11.8 Å². The molecule has 2 amide bonds. The lowest BCUT2D eigenvalue weighted by Crippen LogP contribution is -2.46. The lowest BCUT2D eigenvalue weighted by molar-refractivity contribution is 0.00921. The fourth-order valence-corrected chi connectivity index (χ4v) is 5.89. The number of amides is 2. The molecule has 214 valence electrons. The summed E-state index contributed by atoms with van der Waals surface area (Å²) < 4.78 is 13.1. The first-order valence-corrected chi connectivity index (χ1v) is 14.5. The number of para-hydroxylation sites is 1. The number of nitrogens with zero attached hydrogens (tertiary/aromatic N) is 4. The van der Waals surface area contributed by atoms with Crippen molar-refractivity contribution in [3.05, 3.63) is 83.1 Å². The van der Waals surface area contributed by atoms with E-state index in [4.69, 9.17) is 9.47 Å². The fourth-order valence-electron chi connectivity index (χ4n) is 5.03. The van der Waals surface area contributed by atoms with Gasteiger partial charge < -0.3 is 19.7 Å². The van der Waals surface area contributed by atoms with Gasteiger partial charge >= 0.3 is 0 Å². The maximum atomic E-state index is 13.7. The average molecular weight is 574 g/mol. The Hall–Kier alpha value is -3.86. The average Bonchev–Trinajstić information content (AvgIpc) is 3.43. The summed E-state index contributed by atoms with van der Waals surface area (Å²) in [7, 11) is 3.45. The molecule has 1 aliphatic rings. The highest BCUT2D eigenvalue weighted by Gasteiger charge is 2.28. The number of carbonyl (C=O) groups is 2. The SMILES string of the molecule is CO[C@H]1CN(C)C(=O)c2cc(NC(=O)c3nc4ccccc4s3)ccc2OC[C@@H](C)N(Cc2ccncc2)C[C@@H]1C. The van der Waals surface area contributed by atoms with E-state index in [2.05, 4.69) is 34.0 Å². The topological polar surface area (TPSA) is 96.9 Å². The molecular weight excluding hydrogens is 538 g/mol. The van der Waals surface area contributed by atoms with Crippen LogP contribution in [0.5, 0.6) is 5.75 Å². The summed E-state index contributed by atoms with van der Waals surface area (Å²) in [4.78, 5) is 39.3. The number of aromatic nitrogens is 2. The normalized spacial score (nSPS) is 20.5. The summed E-state index contributed by atoms with van der Waals surface area (Å²) in [5.41, 5.74) is 2.82. The van der Waals surface area contributed by atoms with E-state index in [1.165, 1.54) is 16.9 Å². The van der Waals surface area contributed by atoms with Crippen LogP contribution in [0.25, 0.3) is 10.2 Å². The molecule has 0 aliphatic carbocycles. The van der Waals surface area contributed by atoms with Gasteiger partial charge in [0.1, 0.15) is 12.4 Å². The molecule has 3 atom stereocenters. The van der Waals surface area contributed by atoms with Gasteiger partial charge in [-0.25, -0.2) is 4.98 Å². The Morgan fingerprint density at radius 3 is 2.66 bits per heavy atom. The number of ether oxygens (including phenoxy) is 2. The number of fused-ring (bicyclic) bond motifs is 2. The van der Waals surface area contributed by atoms with E-state index >= 15 is 0 Å². The Labute approximate surface area is 244 Å². The van der Waals surface area contributed by atoms with Gasteiger partial charge in [0.15, 0.2) is 5.01 Å². The van der Waals surface area contributed by atoms with Crippen LogP contribution in [0.15, 0.2) is 67.0 Å². The molecule has 1 aliphatic heterocycles. The molecule has 0 saturated carbocycles. The molecule has 0 unspecified atom stereocenters. The van der Waals surface area contributed by atoms with E-state index in [9.17, 15) is 9.59 Å². The zero-order chi connectivity index (χ0) is 28.9. The van der Waals surface area contributed by atoms with Gasteiger partial charge in [-0.1, -0.05) is 19.1 Å². The first kappa shape index (κ1) is 28.7. The molecule has 5 rings (SSSR count). The van der Waals surface area contributed by atoms with E-state index in [0.29, 0.717) is 35.2 Å². The number of rotatable bonds is 5. The predicted octanol–water partition coefficient (Wildman–Crippen LogP) is 4.95. The summed E-state index contributed by atoms with van der Waals surface area (Å²) in [5, 5.41) is 3.27. The van der Waals surface area contributed by atoms with E-state index < -0.39 is 0 Å². The van der Waals surface area contributed by atoms with Crippen LogP contribution in [0.4, 0.5) is 5.69 Å². The van der Waals surface area contributed by atoms with Crippen molar-refractivity contribution in [1.82, 2.24) is 19.8 Å². The molecule has 0 spiro atoms. The van der Waals surface area contributed by atoms with Crippen molar-refractivity contribution >= 4 is 39.1 Å². The second kappa shape index (κ2) is 12.8. The zero-order valence-corrected chi connectivity index (χ0v) is 24.6. The monoisotopic (exact) mass is 573 g/mol. The Balaban J connectivity index is 1.41. The van der Waals surface area contributed by atoms with Crippen LogP contribution in [0.2, 0.25) is 0 Å². The van der Waals surface area contributed by atoms with Gasteiger partial charge in [0.2, 0.25) is 0 Å². The highest BCUT2D eigenvalue weighted by atomic mass is 32.1. The zero-order valence-electron chi connectivity index (χ0n) is 23.7. The van der Waals surface area contributed by atoms with Gasteiger partial charge in [-0.15, -0.1) is 11.3 Å². The van der Waals surface area contributed by atoms with Crippen molar-refractivity contribution < 1.29 is 19.1 Å². The lowest BCUT2D eigenvalue weighted by Gasteiger charge is -2.36. The van der Waals surface area contributed by atoms with Crippen LogP contribution in [0, 0.1) is 5.92 Å². The predicted molar refractivity (Wildman–Crippen MR) is 161 cm³/mol. The molecule has 3 heterocycles. The number of nitrogens with one attached hydrogen (secondary N) is 1. The fraction of sp³-hybridized carbons (Fsp3) is 0.355. The molecule has 0 radical (unpaired) electrons. The van der Waals surface area contributed by atoms with Crippen LogP contribution in [0.3, 0.4) is 0 Å². The van der Waals surface area contributed by atoms with Gasteiger partial charge in [-0.3, -0.25) is 19.5 Å². The molecule has 4 aromatic rings. The summed E-state index contributed by atoms with van der Waals surface area (Å²) in [6.45, 7) is 6.59. The molecule has 41 heavy (non-hydrogen) atoms. The summed E-state index contributed by atoms with van der Waals surface area (Å²) >= 11 is 1.33. The molecule has 9 nitrogen and oxygen atoms in total. The van der Waals surface area contributed by atoms with Crippen molar-refractivity contribution in [3.8, 4) is 5.75 Å². The van der Waals surface area contributed by atoms with Gasteiger partial charge in [0.05, 0.1) is 21.9 Å². The second-order valence-electron chi connectivity index (χ2n) is 10.5. The molecular formula is C31H35N5O4S. The van der Waals surface area contributed by atoms with Crippen molar-refractivity contribution in [2.75, 3.05) is 39.2 Å². The highest BCUT2D eigenvalue weighted by molar-refractivity contribution is 7.20. The summed E-state index contributed by atoms with van der Waals surface area (Å²) in [6.07, 6.45) is 3.44. The number of methoxy groups -OCH3 is 1. The van der Waals surface area contributed by atoms with Crippen LogP contribution in [0.1, 0.15) is 39.6 Å². The van der Waals surface area contributed by atoms with E-state index in [1.807, 2.05) is 36.4 Å². The number of hydrogen-bond donors (Lipinski definition) is 1. The van der Waals surface area contributed by atoms with E-state index in [0.717, 1.165) is 23.3 Å².